The smallest absolute Gasteiger partial charge is 0.309 e. The Labute approximate surface area is 127 Å². The Morgan fingerprint density at radius 2 is 1.06 bits per heavy atom. The minimum atomic E-state index is -0.833. The molecule has 0 unspecified atom stereocenters. The summed E-state index contributed by atoms with van der Waals surface area (Å²) in [6, 6.07) is 19.5. The predicted molar refractivity (Wildman–Crippen MR) is 69.9 cm³/mol. The minimum Gasteiger partial charge on any atom is -0.356 e. The third kappa shape index (κ3) is 7.68. The van der Waals surface area contributed by atoms with Crippen LogP contribution in [0, 0.1) is 0 Å². The van der Waals surface area contributed by atoms with Crippen LogP contribution in [0.5, 0.6) is 0 Å². The molecule has 0 heterocycles. The van der Waals surface area contributed by atoms with Crippen LogP contribution in [-0.4, -0.2) is 6.03 Å². The van der Waals surface area contributed by atoms with E-state index in [1.54, 1.807) is 0 Å². The van der Waals surface area contributed by atoms with Gasteiger partial charge in [0.1, 0.15) is 0 Å². The molecule has 0 bridgehead atoms. The molecule has 0 saturated heterocycles. The molecule has 5 N–H and O–H groups in total. The van der Waals surface area contributed by atoms with Crippen LogP contribution in [0.25, 0.3) is 0 Å². The minimum absolute atomic E-state index is 0. The Hall–Kier alpha value is -1.55. The van der Waals surface area contributed by atoms with Gasteiger partial charge in [0.15, 0.2) is 0 Å². The molecule has 2 amide bonds. The molecule has 0 aliphatic carbocycles. The van der Waals surface area contributed by atoms with Gasteiger partial charge in [0, 0.05) is 39.0 Å². The Bertz CT molecular complexity index is 407. The van der Waals surface area contributed by atoms with E-state index in [-0.39, 0.29) is 27.7 Å². The van der Waals surface area contributed by atoms with Crippen LogP contribution in [0.1, 0.15) is 0 Å². The van der Waals surface area contributed by atoms with E-state index >= 15 is 0 Å². The van der Waals surface area contributed by atoms with Crippen LogP contribution < -0.4 is 16.8 Å². The van der Waals surface area contributed by atoms with Crippen molar-refractivity contribution in [2.45, 2.75) is 0 Å². The molecule has 2 aromatic carbocycles. The topological polar surface area (TPSA) is 81.1 Å². The number of rotatable bonds is 2. The zero-order chi connectivity index (χ0) is 12.5. The molecular weight excluding hydrogens is 415 g/mol. The van der Waals surface area contributed by atoms with Gasteiger partial charge >= 0.3 is 6.03 Å². The number of nitrogens with two attached hydrogens (primary N) is 2. The molecule has 0 atom stereocenters. The molecule has 5 heteroatoms. The fourth-order valence-corrected chi connectivity index (χ4v) is 1.21. The number of hydrogen-bond acceptors (Lipinski definition) is 2. The van der Waals surface area contributed by atoms with E-state index in [2.05, 4.69) is 16.8 Å². The van der Waals surface area contributed by atoms with Gasteiger partial charge in [0.25, 0.3) is 0 Å². The quantitative estimate of drug-likeness (QED) is 0.641. The van der Waals surface area contributed by atoms with E-state index < -0.39 is 6.03 Å². The van der Waals surface area contributed by atoms with Gasteiger partial charge < -0.3 is 16.8 Å². The molecule has 0 saturated carbocycles. The van der Waals surface area contributed by atoms with E-state index in [1.165, 1.54) is 0 Å². The fraction of sp³-hybridized carbons (Fsp3) is 0. The number of carbonyl (C=O) groups excluding carboxylic acids is 1. The van der Waals surface area contributed by atoms with Crippen molar-refractivity contribution in [3.8, 4) is 0 Å². The predicted octanol–water partition coefficient (Wildman–Crippen LogP) is 2.45. The Morgan fingerprint density at radius 3 is 1.33 bits per heavy atom. The second-order valence-corrected chi connectivity index (χ2v) is 3.26. The molecule has 0 aliphatic rings. The summed E-state index contributed by atoms with van der Waals surface area (Å²) in [5.74, 6) is 0. The number of nitrogens with one attached hydrogen (secondary N) is 1. The second-order valence-electron chi connectivity index (χ2n) is 3.26. The van der Waals surface area contributed by atoms with Gasteiger partial charge in [0.05, 0.1) is 0 Å². The van der Waals surface area contributed by atoms with Crippen LogP contribution in [0.4, 0.5) is 16.2 Å². The standard InChI is InChI=1S/C12H11N.CH4N2O.Hg/c1-3-7-11(8-4-1)13-12-9-5-2-6-10-12;2-1(3)4;/h1-10,13H;(H4,2,3,4);. The maximum absolute atomic E-state index is 9.00. The van der Waals surface area contributed by atoms with Crippen LogP contribution in [0.3, 0.4) is 0 Å². The van der Waals surface area contributed by atoms with Gasteiger partial charge in [-0.1, -0.05) is 36.4 Å². The molecule has 4 nitrogen and oxygen atoms in total. The van der Waals surface area contributed by atoms with E-state index in [0.717, 1.165) is 11.4 Å². The van der Waals surface area contributed by atoms with E-state index in [0.29, 0.717) is 0 Å². The van der Waals surface area contributed by atoms with Gasteiger partial charge in [0.2, 0.25) is 0 Å². The third-order valence-corrected chi connectivity index (χ3v) is 1.84. The van der Waals surface area contributed by atoms with E-state index in [9.17, 15) is 0 Å². The number of carbonyl (C=O) groups is 1. The Morgan fingerprint density at radius 1 is 0.778 bits per heavy atom. The average Bonchev–Trinajstić information content (AvgIpc) is 2.31. The summed E-state index contributed by atoms with van der Waals surface area (Å²) in [5, 5.41) is 3.30. The number of para-hydroxylation sites is 2. The maximum Gasteiger partial charge on any atom is 0.309 e. The van der Waals surface area contributed by atoms with Crippen molar-refractivity contribution < 1.29 is 32.5 Å². The van der Waals surface area contributed by atoms with Crippen LogP contribution >= 0.6 is 0 Å². The average molecular weight is 430 g/mol. The third-order valence-electron chi connectivity index (χ3n) is 1.84. The van der Waals surface area contributed by atoms with Gasteiger partial charge in [-0.05, 0) is 24.3 Å². The number of hydrogen-bond donors (Lipinski definition) is 3. The summed E-state index contributed by atoms with van der Waals surface area (Å²) in [4.78, 5) is 9.00. The molecule has 2 rings (SSSR count). The first-order chi connectivity index (χ1) is 8.18. The number of amides is 2. The van der Waals surface area contributed by atoms with Crippen molar-refractivity contribution in [2.75, 3.05) is 5.32 Å². The first-order valence-corrected chi connectivity index (χ1v) is 5.10. The summed E-state index contributed by atoms with van der Waals surface area (Å²) in [6.07, 6.45) is 0. The zero-order valence-corrected chi connectivity index (χ0v) is 15.5. The normalized spacial score (nSPS) is 8.22. The number of benzene rings is 2. The Balaban J connectivity index is 0.000000512. The molecule has 18 heavy (non-hydrogen) atoms. The van der Waals surface area contributed by atoms with Crippen molar-refractivity contribution in [1.82, 2.24) is 0 Å². The molecule has 90 valence electrons. The van der Waals surface area contributed by atoms with E-state index in [1.807, 2.05) is 60.7 Å². The van der Waals surface area contributed by atoms with Crippen molar-refractivity contribution in [1.29, 1.82) is 0 Å². The molecule has 0 fully saturated rings. The summed E-state index contributed by atoms with van der Waals surface area (Å²) < 4.78 is 0. The van der Waals surface area contributed by atoms with Crippen LogP contribution in [-0.2, 0) is 27.7 Å². The van der Waals surface area contributed by atoms with Gasteiger partial charge in [-0.3, -0.25) is 0 Å². The van der Waals surface area contributed by atoms with Gasteiger partial charge in [-0.25, -0.2) is 4.79 Å². The van der Waals surface area contributed by atoms with Crippen molar-refractivity contribution in [3.05, 3.63) is 60.7 Å². The number of primary amides is 2. The first kappa shape index (κ1) is 16.4. The van der Waals surface area contributed by atoms with Crippen LogP contribution in [0.15, 0.2) is 60.7 Å². The first-order valence-electron chi connectivity index (χ1n) is 5.10. The molecule has 0 radical (unpaired) electrons. The zero-order valence-electron chi connectivity index (χ0n) is 10.0. The molecule has 2 aromatic rings. The Kier molecular flexibility index (Phi) is 8.65. The molecule has 0 aliphatic heterocycles. The van der Waals surface area contributed by atoms with Gasteiger partial charge in [-0.15, -0.1) is 0 Å². The van der Waals surface area contributed by atoms with Gasteiger partial charge in [-0.2, -0.15) is 0 Å². The summed E-state index contributed by atoms with van der Waals surface area (Å²) >= 11 is 0. The van der Waals surface area contributed by atoms with Crippen molar-refractivity contribution >= 4 is 17.4 Å². The molecule has 0 spiro atoms. The van der Waals surface area contributed by atoms with Crippen LogP contribution in [0.2, 0.25) is 0 Å². The summed E-state index contributed by atoms with van der Waals surface area (Å²) in [5.41, 5.74) is 10.7. The second kappa shape index (κ2) is 9.47. The van der Waals surface area contributed by atoms with Crippen molar-refractivity contribution in [2.24, 2.45) is 11.5 Å². The SMILES string of the molecule is NC(N)=O.[Hg].c1ccc(Nc2ccccc2)cc1. The fourth-order valence-electron chi connectivity index (χ4n) is 1.21. The van der Waals surface area contributed by atoms with Crippen molar-refractivity contribution in [3.63, 3.8) is 0 Å². The molecular formula is C13H15HgN3O. The monoisotopic (exact) mass is 431 g/mol. The summed E-state index contributed by atoms with van der Waals surface area (Å²) in [6.45, 7) is 0. The number of anilines is 2. The molecule has 0 aromatic heterocycles. The number of urea groups is 1. The summed E-state index contributed by atoms with van der Waals surface area (Å²) in [7, 11) is 0. The maximum atomic E-state index is 9.00. The largest absolute Gasteiger partial charge is 0.356 e. The van der Waals surface area contributed by atoms with E-state index in [4.69, 9.17) is 4.79 Å².